The highest BCUT2D eigenvalue weighted by Crippen LogP contribution is 2.22. The van der Waals surface area contributed by atoms with Crippen molar-refractivity contribution in [2.45, 2.75) is 33.7 Å². The van der Waals surface area contributed by atoms with Crippen molar-refractivity contribution in [3.05, 3.63) is 29.3 Å². The molecule has 0 bridgehead atoms. The van der Waals surface area contributed by atoms with Crippen LogP contribution in [0, 0.1) is 17.6 Å². The summed E-state index contributed by atoms with van der Waals surface area (Å²) in [5, 5.41) is 9.04. The highest BCUT2D eigenvalue weighted by Gasteiger charge is 2.13. The van der Waals surface area contributed by atoms with Gasteiger partial charge in [0.1, 0.15) is 0 Å². The number of halogens is 2. The third-order valence-electron chi connectivity index (χ3n) is 3.20. The molecule has 1 aromatic rings. The maximum atomic E-state index is 13.2. The molecule has 0 amide bonds. The van der Waals surface area contributed by atoms with E-state index in [0.29, 0.717) is 18.0 Å². The maximum Gasteiger partial charge on any atom is 0.187 e. The summed E-state index contributed by atoms with van der Waals surface area (Å²) < 4.78 is 26.4. The van der Waals surface area contributed by atoms with Gasteiger partial charge in [-0.05, 0) is 30.2 Å². The zero-order valence-electron chi connectivity index (χ0n) is 11.2. The smallest absolute Gasteiger partial charge is 0.187 e. The molecule has 1 rings (SSSR count). The minimum atomic E-state index is -0.899. The zero-order chi connectivity index (χ0) is 13.7. The lowest BCUT2D eigenvalue weighted by Gasteiger charge is -2.23. The van der Waals surface area contributed by atoms with Crippen LogP contribution in [0.5, 0.6) is 5.75 Å². The first-order chi connectivity index (χ1) is 8.47. The predicted molar refractivity (Wildman–Crippen MR) is 68.4 cm³/mol. The first-order valence-electron chi connectivity index (χ1n) is 6.37. The standard InChI is InChI=1S/C14H21F2NO/c1-4-10(3)8-17(5-2)9-11-6-12(15)14(18)13(16)7-11/h6-7,10,18H,4-5,8-9H2,1-3H3. The second kappa shape index (κ2) is 6.69. The van der Waals surface area contributed by atoms with Crippen LogP contribution < -0.4 is 0 Å². The van der Waals surface area contributed by atoms with Gasteiger partial charge in [0, 0.05) is 13.1 Å². The van der Waals surface area contributed by atoms with Crippen LogP contribution in [0.1, 0.15) is 32.8 Å². The van der Waals surface area contributed by atoms with Gasteiger partial charge in [-0.15, -0.1) is 0 Å². The Hall–Kier alpha value is -1.16. The summed E-state index contributed by atoms with van der Waals surface area (Å²) in [6, 6.07) is 2.38. The van der Waals surface area contributed by atoms with Gasteiger partial charge in [-0.3, -0.25) is 4.90 Å². The van der Waals surface area contributed by atoms with Crippen molar-refractivity contribution in [3.63, 3.8) is 0 Å². The van der Waals surface area contributed by atoms with E-state index in [4.69, 9.17) is 5.11 Å². The number of aromatic hydroxyl groups is 1. The molecule has 1 aromatic carbocycles. The van der Waals surface area contributed by atoms with Gasteiger partial charge in [-0.25, -0.2) is 8.78 Å². The molecule has 0 heterocycles. The van der Waals surface area contributed by atoms with Crippen LogP contribution in [0.25, 0.3) is 0 Å². The van der Waals surface area contributed by atoms with E-state index in [0.717, 1.165) is 19.5 Å². The number of benzene rings is 1. The van der Waals surface area contributed by atoms with E-state index < -0.39 is 17.4 Å². The molecular formula is C14H21F2NO. The van der Waals surface area contributed by atoms with Crippen LogP contribution in [-0.4, -0.2) is 23.1 Å². The Bertz CT molecular complexity index is 372. The molecule has 0 aliphatic carbocycles. The van der Waals surface area contributed by atoms with Gasteiger partial charge in [0.15, 0.2) is 17.4 Å². The average molecular weight is 257 g/mol. The fourth-order valence-electron chi connectivity index (χ4n) is 1.84. The summed E-state index contributed by atoms with van der Waals surface area (Å²) in [6.07, 6.45) is 1.08. The topological polar surface area (TPSA) is 23.5 Å². The number of hydrogen-bond acceptors (Lipinski definition) is 2. The third kappa shape index (κ3) is 3.95. The van der Waals surface area contributed by atoms with E-state index in [-0.39, 0.29) is 0 Å². The Labute approximate surface area is 107 Å². The van der Waals surface area contributed by atoms with Crippen LogP contribution in [-0.2, 0) is 6.54 Å². The Morgan fingerprint density at radius 2 is 1.78 bits per heavy atom. The number of phenolic OH excluding ortho intramolecular Hbond substituents is 1. The maximum absolute atomic E-state index is 13.2. The second-order valence-corrected chi connectivity index (χ2v) is 4.75. The van der Waals surface area contributed by atoms with Crippen molar-refractivity contribution in [2.24, 2.45) is 5.92 Å². The largest absolute Gasteiger partial charge is 0.503 e. The highest BCUT2D eigenvalue weighted by molar-refractivity contribution is 5.29. The van der Waals surface area contributed by atoms with Crippen molar-refractivity contribution in [1.29, 1.82) is 0 Å². The SMILES string of the molecule is CCC(C)CN(CC)Cc1cc(F)c(O)c(F)c1. The Morgan fingerprint density at radius 3 is 2.22 bits per heavy atom. The molecule has 1 unspecified atom stereocenters. The summed E-state index contributed by atoms with van der Waals surface area (Å²) >= 11 is 0. The molecule has 0 spiro atoms. The summed E-state index contributed by atoms with van der Waals surface area (Å²) in [7, 11) is 0. The summed E-state index contributed by atoms with van der Waals surface area (Å²) in [4.78, 5) is 2.14. The fourth-order valence-corrected chi connectivity index (χ4v) is 1.84. The molecule has 102 valence electrons. The number of phenols is 1. The van der Waals surface area contributed by atoms with Gasteiger partial charge in [0.25, 0.3) is 0 Å². The van der Waals surface area contributed by atoms with E-state index in [1.807, 2.05) is 6.92 Å². The third-order valence-corrected chi connectivity index (χ3v) is 3.20. The molecule has 0 aliphatic rings. The Balaban J connectivity index is 2.76. The van der Waals surface area contributed by atoms with Crippen LogP contribution in [0.15, 0.2) is 12.1 Å². The summed E-state index contributed by atoms with van der Waals surface area (Å²) in [5.74, 6) is -2.14. The Kier molecular flexibility index (Phi) is 5.54. The van der Waals surface area contributed by atoms with Gasteiger partial charge >= 0.3 is 0 Å². The zero-order valence-corrected chi connectivity index (χ0v) is 11.2. The molecule has 0 saturated carbocycles. The number of hydrogen-bond donors (Lipinski definition) is 1. The van der Waals surface area contributed by atoms with Crippen LogP contribution in [0.2, 0.25) is 0 Å². The highest BCUT2D eigenvalue weighted by atomic mass is 19.1. The Morgan fingerprint density at radius 1 is 1.22 bits per heavy atom. The van der Waals surface area contributed by atoms with Crippen LogP contribution in [0.4, 0.5) is 8.78 Å². The van der Waals surface area contributed by atoms with Crippen molar-refractivity contribution in [3.8, 4) is 5.75 Å². The molecule has 0 saturated heterocycles. The van der Waals surface area contributed by atoms with Crippen molar-refractivity contribution in [2.75, 3.05) is 13.1 Å². The molecule has 4 heteroatoms. The molecule has 0 fully saturated rings. The second-order valence-electron chi connectivity index (χ2n) is 4.75. The summed E-state index contributed by atoms with van der Waals surface area (Å²) in [6.45, 7) is 8.52. The molecule has 18 heavy (non-hydrogen) atoms. The normalized spacial score (nSPS) is 13.0. The van der Waals surface area contributed by atoms with Gasteiger partial charge in [-0.1, -0.05) is 27.2 Å². The first kappa shape index (κ1) is 14.9. The van der Waals surface area contributed by atoms with Gasteiger partial charge in [0.2, 0.25) is 0 Å². The van der Waals surface area contributed by atoms with Gasteiger partial charge < -0.3 is 5.11 Å². The van der Waals surface area contributed by atoms with Crippen molar-refractivity contribution in [1.82, 2.24) is 4.90 Å². The quantitative estimate of drug-likeness (QED) is 0.842. The first-order valence-corrected chi connectivity index (χ1v) is 6.37. The molecule has 0 aliphatic heterocycles. The monoisotopic (exact) mass is 257 g/mol. The van der Waals surface area contributed by atoms with E-state index in [1.165, 1.54) is 12.1 Å². The van der Waals surface area contributed by atoms with Crippen molar-refractivity contribution < 1.29 is 13.9 Å². The van der Waals surface area contributed by atoms with E-state index in [2.05, 4.69) is 18.7 Å². The molecule has 1 atom stereocenters. The molecule has 0 aromatic heterocycles. The lowest BCUT2D eigenvalue weighted by atomic mass is 10.1. The van der Waals surface area contributed by atoms with Gasteiger partial charge in [-0.2, -0.15) is 0 Å². The van der Waals surface area contributed by atoms with Gasteiger partial charge in [0.05, 0.1) is 0 Å². The molecule has 2 nitrogen and oxygen atoms in total. The molecule has 1 N–H and O–H groups in total. The molecular weight excluding hydrogens is 236 g/mol. The van der Waals surface area contributed by atoms with Crippen molar-refractivity contribution >= 4 is 0 Å². The lowest BCUT2D eigenvalue weighted by molar-refractivity contribution is 0.237. The molecule has 0 radical (unpaired) electrons. The fraction of sp³-hybridized carbons (Fsp3) is 0.571. The van der Waals surface area contributed by atoms with E-state index in [9.17, 15) is 8.78 Å². The predicted octanol–water partition coefficient (Wildman–Crippen LogP) is 3.54. The minimum absolute atomic E-state index is 0.495. The van der Waals surface area contributed by atoms with Crippen LogP contribution in [0.3, 0.4) is 0 Å². The number of rotatable bonds is 6. The summed E-state index contributed by atoms with van der Waals surface area (Å²) in [5.41, 5.74) is 0.549. The minimum Gasteiger partial charge on any atom is -0.503 e. The number of nitrogens with zero attached hydrogens (tertiary/aromatic N) is 1. The van der Waals surface area contributed by atoms with E-state index in [1.54, 1.807) is 0 Å². The van der Waals surface area contributed by atoms with Crippen LogP contribution >= 0.6 is 0 Å². The average Bonchev–Trinajstić information content (AvgIpc) is 2.34. The lowest BCUT2D eigenvalue weighted by Crippen LogP contribution is -2.27. The van der Waals surface area contributed by atoms with E-state index >= 15 is 0 Å².